The van der Waals surface area contributed by atoms with Gasteiger partial charge >= 0.3 is 95.6 Å². The van der Waals surface area contributed by atoms with Gasteiger partial charge in [0, 0.05) is 0 Å². The second-order valence-corrected chi connectivity index (χ2v) is 9.54. The average molecular weight is 325 g/mol. The number of hydrogen-bond donors (Lipinski definition) is 2. The van der Waals surface area contributed by atoms with E-state index >= 15 is 0 Å². The Hall–Kier alpha value is 0.559. The first kappa shape index (κ1) is 12.0. The molecular weight excluding hydrogens is 307 g/mol. The van der Waals surface area contributed by atoms with Gasteiger partial charge in [-0.3, -0.25) is 0 Å². The normalized spacial score (nSPS) is 28.8. The first-order valence-electron chi connectivity index (χ1n) is 5.39. The number of rotatable bonds is 0. The summed E-state index contributed by atoms with van der Waals surface area (Å²) >= 11 is -3.60. The first-order chi connectivity index (χ1) is 7.41. The van der Waals surface area contributed by atoms with Gasteiger partial charge in [0.15, 0.2) is 0 Å². The fourth-order valence-electron chi connectivity index (χ4n) is 1.49. The van der Waals surface area contributed by atoms with Crippen LogP contribution in [0, 0.1) is 0 Å². The minimum atomic E-state index is -3.60. The summed E-state index contributed by atoms with van der Waals surface area (Å²) in [5.41, 5.74) is 0. The van der Waals surface area contributed by atoms with E-state index in [1.54, 1.807) is 0 Å². The zero-order chi connectivity index (χ0) is 10.4. The molecule has 88 valence electrons. The van der Waals surface area contributed by atoms with Gasteiger partial charge in [-0.05, 0) is 0 Å². The van der Waals surface area contributed by atoms with E-state index in [1.807, 2.05) is 0 Å². The standard InChI is InChI=1S/2C4H9NO2.Sn/c2*6-3-1-5-2-4-7;/h2*5H,1-4H2;/q2*-2;+4. The molecule has 1 spiro atoms. The maximum absolute atomic E-state index is 5.70. The van der Waals surface area contributed by atoms with Crippen LogP contribution < -0.4 is 10.6 Å². The van der Waals surface area contributed by atoms with Crippen LogP contribution in [0.4, 0.5) is 0 Å². The predicted molar refractivity (Wildman–Crippen MR) is 55.3 cm³/mol. The Morgan fingerprint density at radius 3 is 1.27 bits per heavy atom. The van der Waals surface area contributed by atoms with Crippen molar-refractivity contribution in [1.29, 1.82) is 0 Å². The first-order valence-corrected chi connectivity index (χ1v) is 10.0. The van der Waals surface area contributed by atoms with Gasteiger partial charge in [-0.2, -0.15) is 0 Å². The molecular formula is C8H18N2O4Sn. The second-order valence-electron chi connectivity index (χ2n) is 3.39. The van der Waals surface area contributed by atoms with E-state index in [-0.39, 0.29) is 0 Å². The third kappa shape index (κ3) is 3.81. The van der Waals surface area contributed by atoms with Crippen LogP contribution in [0.25, 0.3) is 0 Å². The Morgan fingerprint density at radius 2 is 0.933 bits per heavy atom. The third-order valence-electron chi connectivity index (χ3n) is 2.23. The van der Waals surface area contributed by atoms with Crippen molar-refractivity contribution in [3.63, 3.8) is 0 Å². The van der Waals surface area contributed by atoms with Gasteiger partial charge in [0.1, 0.15) is 0 Å². The van der Waals surface area contributed by atoms with E-state index in [4.69, 9.17) is 12.3 Å². The zero-order valence-corrected chi connectivity index (χ0v) is 11.6. The van der Waals surface area contributed by atoms with E-state index < -0.39 is 20.0 Å². The van der Waals surface area contributed by atoms with Crippen molar-refractivity contribution >= 4 is 20.0 Å². The number of hydrogen-bond acceptors (Lipinski definition) is 6. The molecule has 0 bridgehead atoms. The predicted octanol–water partition coefficient (Wildman–Crippen LogP) is -1.31. The molecule has 0 atom stereocenters. The summed E-state index contributed by atoms with van der Waals surface area (Å²) in [6.07, 6.45) is 0. The Bertz CT molecular complexity index is 156. The van der Waals surface area contributed by atoms with Crippen molar-refractivity contribution in [2.45, 2.75) is 0 Å². The summed E-state index contributed by atoms with van der Waals surface area (Å²) in [7, 11) is 0. The molecule has 2 saturated heterocycles. The summed E-state index contributed by atoms with van der Waals surface area (Å²) in [6, 6.07) is 0. The molecule has 0 aromatic heterocycles. The van der Waals surface area contributed by atoms with Crippen molar-refractivity contribution in [2.24, 2.45) is 0 Å². The van der Waals surface area contributed by atoms with E-state index in [1.165, 1.54) is 0 Å². The average Bonchev–Trinajstić information content (AvgIpc) is 2.15. The van der Waals surface area contributed by atoms with Crippen LogP contribution in [0.1, 0.15) is 0 Å². The van der Waals surface area contributed by atoms with Gasteiger partial charge in [-0.15, -0.1) is 0 Å². The van der Waals surface area contributed by atoms with Gasteiger partial charge in [0.25, 0.3) is 0 Å². The molecule has 0 aliphatic carbocycles. The Kier molecular flexibility index (Phi) is 5.08. The van der Waals surface area contributed by atoms with Crippen LogP contribution in [0.15, 0.2) is 0 Å². The molecule has 0 aromatic carbocycles. The molecule has 2 aliphatic rings. The van der Waals surface area contributed by atoms with Gasteiger partial charge < -0.3 is 0 Å². The SMILES string of the molecule is C1C[O][Sn]2([O]CCN1)[O]CCNCC[O]2. The van der Waals surface area contributed by atoms with E-state index in [2.05, 4.69) is 10.6 Å². The monoisotopic (exact) mass is 326 g/mol. The quantitative estimate of drug-likeness (QED) is 0.540. The van der Waals surface area contributed by atoms with Gasteiger partial charge in [-0.1, -0.05) is 0 Å². The molecule has 0 saturated carbocycles. The van der Waals surface area contributed by atoms with Crippen molar-refractivity contribution in [2.75, 3.05) is 52.6 Å². The van der Waals surface area contributed by atoms with Crippen molar-refractivity contribution in [3.8, 4) is 0 Å². The molecule has 2 fully saturated rings. The molecule has 0 radical (unpaired) electrons. The Labute approximate surface area is 95.7 Å². The summed E-state index contributed by atoms with van der Waals surface area (Å²) in [5.74, 6) is 0. The Balaban J connectivity index is 1.92. The summed E-state index contributed by atoms with van der Waals surface area (Å²) in [5, 5.41) is 6.39. The molecule has 0 unspecified atom stereocenters. The topological polar surface area (TPSA) is 61.0 Å². The molecule has 2 N–H and O–H groups in total. The maximum atomic E-state index is 5.70. The van der Waals surface area contributed by atoms with Crippen LogP contribution in [-0.4, -0.2) is 72.6 Å². The van der Waals surface area contributed by atoms with Crippen molar-refractivity contribution in [3.05, 3.63) is 0 Å². The van der Waals surface area contributed by atoms with Crippen LogP contribution in [0.5, 0.6) is 0 Å². The molecule has 7 heteroatoms. The minimum absolute atomic E-state index is 0.615. The second kappa shape index (κ2) is 6.33. The molecule has 0 amide bonds. The van der Waals surface area contributed by atoms with E-state index in [9.17, 15) is 0 Å². The summed E-state index contributed by atoms with van der Waals surface area (Å²) < 4.78 is 22.8. The molecule has 0 aromatic rings. The zero-order valence-electron chi connectivity index (χ0n) is 8.79. The summed E-state index contributed by atoms with van der Waals surface area (Å²) in [6.45, 7) is 5.82. The van der Waals surface area contributed by atoms with Crippen LogP contribution in [-0.2, 0) is 12.3 Å². The van der Waals surface area contributed by atoms with E-state index in [0.29, 0.717) is 26.4 Å². The molecule has 2 rings (SSSR count). The molecule has 2 heterocycles. The van der Waals surface area contributed by atoms with Crippen molar-refractivity contribution in [1.82, 2.24) is 10.6 Å². The molecule has 2 aliphatic heterocycles. The van der Waals surface area contributed by atoms with Crippen LogP contribution in [0.2, 0.25) is 0 Å². The van der Waals surface area contributed by atoms with Crippen LogP contribution >= 0.6 is 0 Å². The van der Waals surface area contributed by atoms with Gasteiger partial charge in [0.05, 0.1) is 0 Å². The number of nitrogens with one attached hydrogen (secondary N) is 2. The summed E-state index contributed by atoms with van der Waals surface area (Å²) in [4.78, 5) is 0. The molecule has 15 heavy (non-hydrogen) atoms. The third-order valence-corrected chi connectivity index (χ3v) is 8.60. The fourth-order valence-corrected chi connectivity index (χ4v) is 6.94. The van der Waals surface area contributed by atoms with Gasteiger partial charge in [0.2, 0.25) is 0 Å². The van der Waals surface area contributed by atoms with Crippen molar-refractivity contribution < 1.29 is 12.3 Å². The molecule has 6 nitrogen and oxygen atoms in total. The van der Waals surface area contributed by atoms with Crippen LogP contribution in [0.3, 0.4) is 0 Å². The van der Waals surface area contributed by atoms with Gasteiger partial charge in [-0.25, -0.2) is 0 Å². The van der Waals surface area contributed by atoms with E-state index in [0.717, 1.165) is 26.2 Å². The Morgan fingerprint density at radius 1 is 0.600 bits per heavy atom. The fraction of sp³-hybridized carbons (Fsp3) is 1.00.